The molecule has 0 aromatic heterocycles. The number of nitro groups is 1. The fourth-order valence-electron chi connectivity index (χ4n) is 2.26. The third kappa shape index (κ3) is 2.39. The molecule has 0 amide bonds. The smallest absolute Gasteiger partial charge is 0.272 e. The second-order valence-corrected chi connectivity index (χ2v) is 4.51. The van der Waals surface area contributed by atoms with Crippen LogP contribution >= 0.6 is 0 Å². The highest BCUT2D eigenvalue weighted by atomic mass is 16.6. The molecule has 0 aliphatic carbocycles. The first-order valence-corrected chi connectivity index (χ1v) is 5.72. The molecule has 0 bridgehead atoms. The molecule has 1 fully saturated rings. The van der Waals surface area contributed by atoms with Gasteiger partial charge in [0.05, 0.1) is 4.92 Å². The highest BCUT2D eigenvalue weighted by Crippen LogP contribution is 2.28. The van der Waals surface area contributed by atoms with Crippen LogP contribution in [0.3, 0.4) is 0 Å². The highest BCUT2D eigenvalue weighted by molar-refractivity contribution is 5.55. The average Bonchev–Trinajstić information content (AvgIpc) is 2.76. The molecule has 1 aromatic carbocycles. The standard InChI is InChI=1S/C12H16N2O3/c1-9-6-11(2-3-12(9)14(16)17)13-5-4-10(7-13)8-15/h2-3,6,10,15H,4-5,7-8H2,1H3. The normalized spacial score (nSPS) is 19.6. The molecule has 1 aliphatic heterocycles. The van der Waals surface area contributed by atoms with Gasteiger partial charge in [0.15, 0.2) is 0 Å². The Hall–Kier alpha value is -1.62. The summed E-state index contributed by atoms with van der Waals surface area (Å²) >= 11 is 0. The topological polar surface area (TPSA) is 66.6 Å². The molecule has 1 unspecified atom stereocenters. The average molecular weight is 236 g/mol. The van der Waals surface area contributed by atoms with Crippen LogP contribution in [0.5, 0.6) is 0 Å². The van der Waals surface area contributed by atoms with Crippen LogP contribution in [0.4, 0.5) is 11.4 Å². The van der Waals surface area contributed by atoms with Gasteiger partial charge in [-0.2, -0.15) is 0 Å². The van der Waals surface area contributed by atoms with E-state index >= 15 is 0 Å². The fraction of sp³-hybridized carbons (Fsp3) is 0.500. The number of hydrogen-bond donors (Lipinski definition) is 1. The van der Waals surface area contributed by atoms with Crippen molar-refractivity contribution in [3.63, 3.8) is 0 Å². The molecule has 1 aromatic rings. The molecule has 0 saturated carbocycles. The van der Waals surface area contributed by atoms with Gasteiger partial charge < -0.3 is 10.0 Å². The number of anilines is 1. The van der Waals surface area contributed by atoms with Crippen molar-refractivity contribution < 1.29 is 10.0 Å². The van der Waals surface area contributed by atoms with Crippen LogP contribution in [0.1, 0.15) is 12.0 Å². The largest absolute Gasteiger partial charge is 0.396 e. The first-order chi connectivity index (χ1) is 8.11. The van der Waals surface area contributed by atoms with Gasteiger partial charge in [-0.3, -0.25) is 10.1 Å². The van der Waals surface area contributed by atoms with E-state index in [1.54, 1.807) is 19.1 Å². The third-order valence-electron chi connectivity index (χ3n) is 3.29. The lowest BCUT2D eigenvalue weighted by Crippen LogP contribution is -2.20. The molecule has 5 nitrogen and oxygen atoms in total. The summed E-state index contributed by atoms with van der Waals surface area (Å²) in [6.07, 6.45) is 0.979. The van der Waals surface area contributed by atoms with Crippen LogP contribution in [0.2, 0.25) is 0 Å². The predicted octanol–water partition coefficient (Wildman–Crippen LogP) is 1.72. The molecule has 1 aliphatic rings. The van der Waals surface area contributed by atoms with E-state index in [9.17, 15) is 10.1 Å². The number of benzene rings is 1. The van der Waals surface area contributed by atoms with Crippen molar-refractivity contribution >= 4 is 11.4 Å². The van der Waals surface area contributed by atoms with E-state index in [0.717, 1.165) is 25.2 Å². The van der Waals surface area contributed by atoms with Crippen LogP contribution in [-0.2, 0) is 0 Å². The maximum absolute atomic E-state index is 10.7. The molecule has 0 radical (unpaired) electrons. The van der Waals surface area contributed by atoms with Crippen molar-refractivity contribution in [2.45, 2.75) is 13.3 Å². The summed E-state index contributed by atoms with van der Waals surface area (Å²) in [7, 11) is 0. The van der Waals surface area contributed by atoms with Gasteiger partial charge in [-0.05, 0) is 25.5 Å². The Bertz CT molecular complexity index is 434. The summed E-state index contributed by atoms with van der Waals surface area (Å²) in [6, 6.07) is 5.18. The van der Waals surface area contributed by atoms with Crippen LogP contribution in [-0.4, -0.2) is 29.7 Å². The van der Waals surface area contributed by atoms with E-state index in [4.69, 9.17) is 5.11 Å². The molecule has 1 saturated heterocycles. The number of nitrogens with zero attached hydrogens (tertiary/aromatic N) is 2. The van der Waals surface area contributed by atoms with E-state index in [2.05, 4.69) is 4.90 Å². The van der Waals surface area contributed by atoms with E-state index < -0.39 is 0 Å². The minimum Gasteiger partial charge on any atom is -0.396 e. The molecule has 1 atom stereocenters. The lowest BCUT2D eigenvalue weighted by molar-refractivity contribution is -0.385. The number of aliphatic hydroxyl groups excluding tert-OH is 1. The second kappa shape index (κ2) is 4.71. The minimum absolute atomic E-state index is 0.159. The van der Waals surface area contributed by atoms with E-state index in [1.165, 1.54) is 0 Å². The fourth-order valence-corrected chi connectivity index (χ4v) is 2.26. The Kier molecular flexibility index (Phi) is 3.28. The zero-order valence-corrected chi connectivity index (χ0v) is 9.80. The Balaban J connectivity index is 2.18. The van der Waals surface area contributed by atoms with E-state index in [0.29, 0.717) is 11.5 Å². The summed E-state index contributed by atoms with van der Waals surface area (Å²) in [6.45, 7) is 3.69. The summed E-state index contributed by atoms with van der Waals surface area (Å²) in [4.78, 5) is 12.5. The van der Waals surface area contributed by atoms with Gasteiger partial charge in [-0.1, -0.05) is 0 Å². The molecule has 0 spiro atoms. The summed E-state index contributed by atoms with van der Waals surface area (Å²) in [5, 5.41) is 19.8. The zero-order chi connectivity index (χ0) is 12.4. The van der Waals surface area contributed by atoms with Crippen molar-refractivity contribution in [3.8, 4) is 0 Å². The van der Waals surface area contributed by atoms with Crippen LogP contribution < -0.4 is 4.90 Å². The highest BCUT2D eigenvalue weighted by Gasteiger charge is 2.23. The Morgan fingerprint density at radius 2 is 2.35 bits per heavy atom. The number of aryl methyl sites for hydroxylation is 1. The van der Waals surface area contributed by atoms with Crippen LogP contribution in [0, 0.1) is 23.0 Å². The molecule has 17 heavy (non-hydrogen) atoms. The Morgan fingerprint density at radius 1 is 1.59 bits per heavy atom. The van der Waals surface area contributed by atoms with E-state index in [-0.39, 0.29) is 17.2 Å². The molecule has 5 heteroatoms. The van der Waals surface area contributed by atoms with Crippen LogP contribution in [0.25, 0.3) is 0 Å². The maximum atomic E-state index is 10.7. The maximum Gasteiger partial charge on any atom is 0.272 e. The first-order valence-electron chi connectivity index (χ1n) is 5.72. The number of hydrogen-bond acceptors (Lipinski definition) is 4. The monoisotopic (exact) mass is 236 g/mol. The summed E-state index contributed by atoms with van der Waals surface area (Å²) in [5.74, 6) is 0.325. The Labute approximate surface area is 99.8 Å². The van der Waals surface area contributed by atoms with Crippen molar-refractivity contribution in [2.75, 3.05) is 24.6 Å². The molecule has 1 heterocycles. The minimum atomic E-state index is -0.361. The van der Waals surface area contributed by atoms with Crippen molar-refractivity contribution in [1.29, 1.82) is 0 Å². The molecular weight excluding hydrogens is 220 g/mol. The van der Waals surface area contributed by atoms with E-state index in [1.807, 2.05) is 6.07 Å². The van der Waals surface area contributed by atoms with Gasteiger partial charge in [-0.25, -0.2) is 0 Å². The van der Waals surface area contributed by atoms with Crippen molar-refractivity contribution in [1.82, 2.24) is 0 Å². The van der Waals surface area contributed by atoms with Gasteiger partial charge in [0, 0.05) is 42.9 Å². The zero-order valence-electron chi connectivity index (χ0n) is 9.80. The van der Waals surface area contributed by atoms with Gasteiger partial charge in [0.25, 0.3) is 5.69 Å². The molecule has 2 rings (SSSR count). The lowest BCUT2D eigenvalue weighted by Gasteiger charge is -2.18. The van der Waals surface area contributed by atoms with Crippen molar-refractivity contribution in [3.05, 3.63) is 33.9 Å². The van der Waals surface area contributed by atoms with Gasteiger partial charge in [-0.15, -0.1) is 0 Å². The molecule has 1 N–H and O–H groups in total. The lowest BCUT2D eigenvalue weighted by atomic mass is 10.1. The van der Waals surface area contributed by atoms with Gasteiger partial charge in [0.2, 0.25) is 0 Å². The Morgan fingerprint density at radius 3 is 2.88 bits per heavy atom. The quantitative estimate of drug-likeness (QED) is 0.641. The molecular formula is C12H16N2O3. The summed E-state index contributed by atoms with van der Waals surface area (Å²) < 4.78 is 0. The second-order valence-electron chi connectivity index (χ2n) is 4.51. The van der Waals surface area contributed by atoms with Crippen LogP contribution in [0.15, 0.2) is 18.2 Å². The SMILES string of the molecule is Cc1cc(N2CCC(CO)C2)ccc1[N+](=O)[O-]. The van der Waals surface area contributed by atoms with Gasteiger partial charge in [0.1, 0.15) is 0 Å². The number of nitro benzene ring substituents is 1. The number of aliphatic hydroxyl groups is 1. The van der Waals surface area contributed by atoms with Gasteiger partial charge >= 0.3 is 0 Å². The summed E-state index contributed by atoms with van der Waals surface area (Å²) in [5.41, 5.74) is 1.84. The molecule has 92 valence electrons. The first kappa shape index (κ1) is 11.9. The number of rotatable bonds is 3. The van der Waals surface area contributed by atoms with Crippen molar-refractivity contribution in [2.24, 2.45) is 5.92 Å². The predicted molar refractivity (Wildman–Crippen MR) is 65.2 cm³/mol. The third-order valence-corrected chi connectivity index (χ3v) is 3.29.